The molecule has 0 bridgehead atoms. The summed E-state index contributed by atoms with van der Waals surface area (Å²) >= 11 is 0. The molecule has 0 atom stereocenters. The number of nitrogens with zero attached hydrogens (tertiary/aromatic N) is 2. The molecule has 1 heterocycles. The van der Waals surface area contributed by atoms with Gasteiger partial charge in [-0.05, 0) is 31.4 Å². The fourth-order valence-electron chi connectivity index (χ4n) is 4.33. The Morgan fingerprint density at radius 2 is 1.68 bits per heavy atom. The smallest absolute Gasteiger partial charge is 0.274 e. The third kappa shape index (κ3) is 3.33. The van der Waals surface area contributed by atoms with Gasteiger partial charge in [0.1, 0.15) is 0 Å². The van der Waals surface area contributed by atoms with E-state index >= 15 is 0 Å². The molecule has 1 N–H and O–H groups in total. The number of benzene rings is 2. The second-order valence-corrected chi connectivity index (χ2v) is 7.49. The summed E-state index contributed by atoms with van der Waals surface area (Å²) in [6, 6.07) is 17.6. The van der Waals surface area contributed by atoms with Crippen LogP contribution in [0.15, 0.2) is 59.4 Å². The maximum absolute atomic E-state index is 13.0. The van der Waals surface area contributed by atoms with Gasteiger partial charge in [0, 0.05) is 11.9 Å². The van der Waals surface area contributed by atoms with E-state index in [2.05, 4.69) is 22.5 Å². The van der Waals surface area contributed by atoms with Crippen LogP contribution >= 0.6 is 0 Å². The average molecular weight is 375 g/mol. The van der Waals surface area contributed by atoms with E-state index in [4.69, 9.17) is 0 Å². The van der Waals surface area contributed by atoms with Crippen molar-refractivity contribution in [1.29, 1.82) is 0 Å². The normalized spacial score (nSPS) is 15.6. The first-order chi connectivity index (χ1) is 13.6. The third-order valence-electron chi connectivity index (χ3n) is 5.73. The van der Waals surface area contributed by atoms with E-state index in [0.717, 1.165) is 36.6 Å². The molecule has 1 saturated carbocycles. The van der Waals surface area contributed by atoms with Crippen molar-refractivity contribution in [3.05, 3.63) is 76.2 Å². The molecule has 0 saturated heterocycles. The first-order valence-electron chi connectivity index (χ1n) is 9.98. The van der Waals surface area contributed by atoms with Crippen molar-refractivity contribution in [2.75, 3.05) is 0 Å². The number of fused-ring (bicyclic) bond motifs is 1. The molecule has 0 spiro atoms. The quantitative estimate of drug-likeness (QED) is 0.742. The Bertz CT molecular complexity index is 1050. The summed E-state index contributed by atoms with van der Waals surface area (Å²) in [4.78, 5) is 25.5. The standard InChI is InChI=1S/C23H25N3O2/c1-2-26-22(28)19-13-7-6-12-18(19)20(25-26)16-21(27)24-23(14-8-9-15-23)17-10-4-3-5-11-17/h3-7,10-13H,2,8-9,14-16H2,1H3,(H,24,27). The van der Waals surface area contributed by atoms with E-state index in [1.807, 2.05) is 43.3 Å². The van der Waals surface area contributed by atoms with Gasteiger partial charge in [-0.3, -0.25) is 9.59 Å². The molecule has 144 valence electrons. The molecule has 2 aromatic carbocycles. The fourth-order valence-corrected chi connectivity index (χ4v) is 4.33. The van der Waals surface area contributed by atoms with E-state index in [1.165, 1.54) is 4.68 Å². The number of hydrogen-bond donors (Lipinski definition) is 1. The lowest BCUT2D eigenvalue weighted by Crippen LogP contribution is -2.44. The van der Waals surface area contributed by atoms with Crippen molar-refractivity contribution >= 4 is 16.7 Å². The van der Waals surface area contributed by atoms with Crippen molar-refractivity contribution in [2.45, 2.75) is 51.1 Å². The van der Waals surface area contributed by atoms with Crippen LogP contribution in [0.4, 0.5) is 0 Å². The number of nitrogens with one attached hydrogen (secondary N) is 1. The number of hydrogen-bond acceptors (Lipinski definition) is 3. The van der Waals surface area contributed by atoms with Crippen molar-refractivity contribution in [3.8, 4) is 0 Å². The van der Waals surface area contributed by atoms with Crippen LogP contribution in [-0.2, 0) is 23.3 Å². The second kappa shape index (κ2) is 7.58. The molecular formula is C23H25N3O2. The summed E-state index contributed by atoms with van der Waals surface area (Å²) in [5.41, 5.74) is 1.40. The van der Waals surface area contributed by atoms with Gasteiger partial charge in [-0.15, -0.1) is 0 Å². The highest BCUT2D eigenvalue weighted by Gasteiger charge is 2.36. The summed E-state index contributed by atoms with van der Waals surface area (Å²) in [6.45, 7) is 2.36. The number of aryl methyl sites for hydroxylation is 1. The second-order valence-electron chi connectivity index (χ2n) is 7.49. The Morgan fingerprint density at radius 1 is 1.04 bits per heavy atom. The summed E-state index contributed by atoms with van der Waals surface area (Å²) < 4.78 is 1.44. The molecule has 1 aromatic heterocycles. The van der Waals surface area contributed by atoms with Crippen LogP contribution in [-0.4, -0.2) is 15.7 Å². The molecule has 5 heteroatoms. The Labute approximate surface area is 164 Å². The molecular weight excluding hydrogens is 350 g/mol. The number of carbonyl (C=O) groups is 1. The highest BCUT2D eigenvalue weighted by atomic mass is 16.2. The van der Waals surface area contributed by atoms with Crippen LogP contribution in [0, 0.1) is 0 Å². The average Bonchev–Trinajstić information content (AvgIpc) is 3.20. The molecule has 1 amide bonds. The highest BCUT2D eigenvalue weighted by molar-refractivity contribution is 5.88. The van der Waals surface area contributed by atoms with E-state index in [0.29, 0.717) is 17.6 Å². The summed E-state index contributed by atoms with van der Waals surface area (Å²) in [5.74, 6) is -0.0512. The van der Waals surface area contributed by atoms with Crippen LogP contribution in [0.2, 0.25) is 0 Å². The number of carbonyl (C=O) groups excluding carboxylic acids is 1. The van der Waals surface area contributed by atoms with Gasteiger partial charge in [0.2, 0.25) is 5.91 Å². The molecule has 28 heavy (non-hydrogen) atoms. The van der Waals surface area contributed by atoms with Crippen LogP contribution in [0.25, 0.3) is 10.8 Å². The molecule has 1 fully saturated rings. The largest absolute Gasteiger partial charge is 0.346 e. The summed E-state index contributed by atoms with van der Waals surface area (Å²) in [6.07, 6.45) is 4.28. The topological polar surface area (TPSA) is 64.0 Å². The highest BCUT2D eigenvalue weighted by Crippen LogP contribution is 2.38. The maximum Gasteiger partial charge on any atom is 0.274 e. The molecule has 0 aliphatic heterocycles. The Balaban J connectivity index is 1.65. The fraction of sp³-hybridized carbons (Fsp3) is 0.348. The van der Waals surface area contributed by atoms with Crippen LogP contribution in [0.3, 0.4) is 0 Å². The summed E-state index contributed by atoms with van der Waals surface area (Å²) in [5, 5.41) is 9.15. The Kier molecular flexibility index (Phi) is 4.99. The van der Waals surface area contributed by atoms with Crippen LogP contribution in [0.5, 0.6) is 0 Å². The van der Waals surface area contributed by atoms with Crippen molar-refractivity contribution < 1.29 is 4.79 Å². The Hall–Kier alpha value is -2.95. The van der Waals surface area contributed by atoms with Crippen molar-refractivity contribution in [3.63, 3.8) is 0 Å². The van der Waals surface area contributed by atoms with E-state index in [-0.39, 0.29) is 23.4 Å². The van der Waals surface area contributed by atoms with Gasteiger partial charge in [0.15, 0.2) is 0 Å². The maximum atomic E-state index is 13.0. The predicted molar refractivity (Wildman–Crippen MR) is 110 cm³/mol. The monoisotopic (exact) mass is 375 g/mol. The zero-order valence-corrected chi connectivity index (χ0v) is 16.1. The van der Waals surface area contributed by atoms with Gasteiger partial charge in [0.05, 0.1) is 23.0 Å². The van der Waals surface area contributed by atoms with Gasteiger partial charge >= 0.3 is 0 Å². The zero-order valence-electron chi connectivity index (χ0n) is 16.1. The van der Waals surface area contributed by atoms with E-state index in [1.54, 1.807) is 6.07 Å². The summed E-state index contributed by atoms with van der Waals surface area (Å²) in [7, 11) is 0. The number of aromatic nitrogens is 2. The predicted octanol–water partition coefficient (Wildman–Crippen LogP) is 3.54. The molecule has 0 radical (unpaired) electrons. The van der Waals surface area contributed by atoms with Gasteiger partial charge in [-0.25, -0.2) is 4.68 Å². The first-order valence-corrected chi connectivity index (χ1v) is 9.98. The van der Waals surface area contributed by atoms with Crippen molar-refractivity contribution in [2.24, 2.45) is 0 Å². The van der Waals surface area contributed by atoms with Crippen LogP contribution < -0.4 is 10.9 Å². The number of amides is 1. The lowest BCUT2D eigenvalue weighted by molar-refractivity contribution is -0.122. The minimum atomic E-state index is -0.298. The number of rotatable bonds is 5. The third-order valence-corrected chi connectivity index (χ3v) is 5.73. The van der Waals surface area contributed by atoms with E-state index in [9.17, 15) is 9.59 Å². The van der Waals surface area contributed by atoms with E-state index < -0.39 is 0 Å². The van der Waals surface area contributed by atoms with Gasteiger partial charge < -0.3 is 5.32 Å². The zero-order chi connectivity index (χ0) is 19.6. The minimum absolute atomic E-state index is 0.0512. The minimum Gasteiger partial charge on any atom is -0.346 e. The molecule has 5 nitrogen and oxygen atoms in total. The van der Waals surface area contributed by atoms with Crippen molar-refractivity contribution in [1.82, 2.24) is 15.1 Å². The van der Waals surface area contributed by atoms with Gasteiger partial charge in [0.25, 0.3) is 5.56 Å². The van der Waals surface area contributed by atoms with Gasteiger partial charge in [-0.2, -0.15) is 5.10 Å². The van der Waals surface area contributed by atoms with Crippen LogP contribution in [0.1, 0.15) is 43.9 Å². The lowest BCUT2D eigenvalue weighted by Gasteiger charge is -2.31. The van der Waals surface area contributed by atoms with Gasteiger partial charge in [-0.1, -0.05) is 61.4 Å². The SMILES string of the molecule is CCn1nc(CC(=O)NC2(c3ccccc3)CCCC2)c2ccccc2c1=O. The molecule has 1 aliphatic carbocycles. The lowest BCUT2D eigenvalue weighted by atomic mass is 9.88. The Morgan fingerprint density at radius 3 is 2.36 bits per heavy atom. The molecule has 1 aliphatic rings. The molecule has 0 unspecified atom stereocenters. The molecule has 4 rings (SSSR count). The first kappa shape index (κ1) is 18.4. The molecule has 3 aromatic rings.